The number of carbonyl (C=O) groups excluding carboxylic acids is 2. The summed E-state index contributed by atoms with van der Waals surface area (Å²) >= 11 is 0. The number of aliphatic hydroxyl groups is 1. The van der Waals surface area contributed by atoms with Gasteiger partial charge < -0.3 is 10.4 Å². The summed E-state index contributed by atoms with van der Waals surface area (Å²) in [6, 6.07) is 0. The molecule has 0 saturated carbocycles. The van der Waals surface area contributed by atoms with E-state index in [1.54, 1.807) is 13.8 Å². The summed E-state index contributed by atoms with van der Waals surface area (Å²) in [6.07, 6.45) is 0.609. The zero-order valence-corrected chi connectivity index (χ0v) is 8.83. The SMILES string of the molecule is CC(C)(O)CNC(=O)C1=NNC(=O)CC1. The molecule has 0 atom stereocenters. The molecule has 0 aromatic carbocycles. The van der Waals surface area contributed by atoms with E-state index in [0.717, 1.165) is 0 Å². The molecule has 0 aromatic heterocycles. The Morgan fingerprint density at radius 2 is 2.27 bits per heavy atom. The molecule has 84 valence electrons. The second kappa shape index (κ2) is 4.39. The fraction of sp³-hybridized carbons (Fsp3) is 0.667. The molecule has 1 heterocycles. The van der Waals surface area contributed by atoms with Gasteiger partial charge in [0.1, 0.15) is 5.71 Å². The molecule has 0 fully saturated rings. The summed E-state index contributed by atoms with van der Waals surface area (Å²) < 4.78 is 0. The van der Waals surface area contributed by atoms with E-state index in [1.165, 1.54) is 0 Å². The molecule has 0 radical (unpaired) electrons. The molecule has 0 saturated heterocycles. The molecule has 0 bridgehead atoms. The zero-order chi connectivity index (χ0) is 11.5. The van der Waals surface area contributed by atoms with Crippen LogP contribution in [0.2, 0.25) is 0 Å². The van der Waals surface area contributed by atoms with Crippen molar-refractivity contribution < 1.29 is 14.7 Å². The molecule has 0 aliphatic carbocycles. The molecule has 15 heavy (non-hydrogen) atoms. The molecule has 0 aromatic rings. The van der Waals surface area contributed by atoms with Gasteiger partial charge in [-0.15, -0.1) is 0 Å². The Morgan fingerprint density at radius 3 is 2.73 bits per heavy atom. The predicted octanol–water partition coefficient (Wildman–Crippen LogP) is -0.860. The Hall–Kier alpha value is -1.43. The van der Waals surface area contributed by atoms with Crippen molar-refractivity contribution in [3.8, 4) is 0 Å². The highest BCUT2D eigenvalue weighted by Gasteiger charge is 2.20. The lowest BCUT2D eigenvalue weighted by atomic mass is 10.1. The Kier molecular flexibility index (Phi) is 3.41. The summed E-state index contributed by atoms with van der Waals surface area (Å²) in [5, 5.41) is 15.6. The van der Waals surface area contributed by atoms with E-state index in [-0.39, 0.29) is 24.8 Å². The van der Waals surface area contributed by atoms with E-state index < -0.39 is 5.60 Å². The predicted molar refractivity (Wildman–Crippen MR) is 54.1 cm³/mol. The van der Waals surface area contributed by atoms with Gasteiger partial charge in [0, 0.05) is 19.4 Å². The molecule has 0 unspecified atom stereocenters. The normalized spacial score (nSPS) is 16.7. The number of nitrogens with one attached hydrogen (secondary N) is 2. The second-order valence-corrected chi connectivity index (χ2v) is 4.09. The van der Waals surface area contributed by atoms with Crippen LogP contribution in [-0.2, 0) is 9.59 Å². The maximum atomic E-state index is 11.4. The molecule has 2 amide bonds. The third-order valence-corrected chi connectivity index (χ3v) is 1.85. The molecule has 1 aliphatic heterocycles. The van der Waals surface area contributed by atoms with Crippen LogP contribution in [0.4, 0.5) is 0 Å². The first kappa shape index (κ1) is 11.6. The van der Waals surface area contributed by atoms with E-state index in [9.17, 15) is 14.7 Å². The summed E-state index contributed by atoms with van der Waals surface area (Å²) in [6.45, 7) is 3.34. The average molecular weight is 213 g/mol. The van der Waals surface area contributed by atoms with E-state index in [1.807, 2.05) is 0 Å². The van der Waals surface area contributed by atoms with Crippen LogP contribution in [0.15, 0.2) is 5.10 Å². The number of hydrazone groups is 1. The molecular formula is C9H15N3O3. The Balaban J connectivity index is 2.44. The van der Waals surface area contributed by atoms with Crippen LogP contribution in [0.5, 0.6) is 0 Å². The van der Waals surface area contributed by atoms with Crippen molar-refractivity contribution in [2.24, 2.45) is 5.10 Å². The monoisotopic (exact) mass is 213 g/mol. The topological polar surface area (TPSA) is 90.8 Å². The highest BCUT2D eigenvalue weighted by molar-refractivity contribution is 6.39. The van der Waals surface area contributed by atoms with Crippen molar-refractivity contribution >= 4 is 17.5 Å². The van der Waals surface area contributed by atoms with Gasteiger partial charge in [-0.25, -0.2) is 5.43 Å². The fourth-order valence-corrected chi connectivity index (χ4v) is 1.04. The van der Waals surface area contributed by atoms with Crippen LogP contribution >= 0.6 is 0 Å². The third-order valence-electron chi connectivity index (χ3n) is 1.85. The highest BCUT2D eigenvalue weighted by atomic mass is 16.3. The van der Waals surface area contributed by atoms with Crippen molar-refractivity contribution in [2.45, 2.75) is 32.3 Å². The number of hydrogen-bond donors (Lipinski definition) is 3. The van der Waals surface area contributed by atoms with Gasteiger partial charge in [-0.05, 0) is 13.8 Å². The largest absolute Gasteiger partial charge is 0.389 e. The van der Waals surface area contributed by atoms with E-state index in [2.05, 4.69) is 15.8 Å². The Bertz CT molecular complexity index is 304. The quantitative estimate of drug-likeness (QED) is 0.569. The lowest BCUT2D eigenvalue weighted by Gasteiger charge is -2.18. The minimum atomic E-state index is -0.950. The van der Waals surface area contributed by atoms with Crippen molar-refractivity contribution in [1.29, 1.82) is 0 Å². The minimum Gasteiger partial charge on any atom is -0.389 e. The first-order valence-corrected chi connectivity index (χ1v) is 4.74. The van der Waals surface area contributed by atoms with Gasteiger partial charge in [0.05, 0.1) is 5.60 Å². The highest BCUT2D eigenvalue weighted by Crippen LogP contribution is 2.01. The van der Waals surface area contributed by atoms with Gasteiger partial charge >= 0.3 is 0 Å². The molecular weight excluding hydrogens is 198 g/mol. The number of hydrogen-bond acceptors (Lipinski definition) is 4. The molecule has 3 N–H and O–H groups in total. The standard InChI is InChI=1S/C9H15N3O3/c1-9(2,15)5-10-8(14)6-3-4-7(13)12-11-6/h15H,3-5H2,1-2H3,(H,10,14)(H,12,13). The van der Waals surface area contributed by atoms with Gasteiger partial charge in [-0.3, -0.25) is 9.59 Å². The van der Waals surface area contributed by atoms with Crippen molar-refractivity contribution in [2.75, 3.05) is 6.54 Å². The summed E-state index contributed by atoms with van der Waals surface area (Å²) in [4.78, 5) is 22.2. The number of nitrogens with zero attached hydrogens (tertiary/aromatic N) is 1. The maximum absolute atomic E-state index is 11.4. The molecule has 6 heteroatoms. The Labute approximate surface area is 87.7 Å². The lowest BCUT2D eigenvalue weighted by Crippen LogP contribution is -2.43. The molecule has 1 aliphatic rings. The first-order chi connectivity index (χ1) is 6.88. The van der Waals surface area contributed by atoms with Crippen LogP contribution in [-0.4, -0.2) is 34.8 Å². The number of carbonyl (C=O) groups is 2. The minimum absolute atomic E-state index is 0.152. The van der Waals surface area contributed by atoms with Crippen LogP contribution in [0, 0.1) is 0 Å². The van der Waals surface area contributed by atoms with E-state index in [4.69, 9.17) is 0 Å². The number of rotatable bonds is 3. The fourth-order valence-electron chi connectivity index (χ4n) is 1.04. The number of amides is 2. The van der Waals surface area contributed by atoms with E-state index >= 15 is 0 Å². The third kappa shape index (κ3) is 4.07. The molecule has 6 nitrogen and oxygen atoms in total. The molecule has 1 rings (SSSR count). The van der Waals surface area contributed by atoms with Gasteiger partial charge in [-0.2, -0.15) is 5.10 Å². The Morgan fingerprint density at radius 1 is 1.60 bits per heavy atom. The smallest absolute Gasteiger partial charge is 0.267 e. The summed E-state index contributed by atoms with van der Waals surface area (Å²) in [5.41, 5.74) is 1.58. The van der Waals surface area contributed by atoms with Gasteiger partial charge in [-0.1, -0.05) is 0 Å². The van der Waals surface area contributed by atoms with Crippen molar-refractivity contribution in [3.05, 3.63) is 0 Å². The van der Waals surface area contributed by atoms with Crippen molar-refractivity contribution in [1.82, 2.24) is 10.7 Å². The van der Waals surface area contributed by atoms with Crippen molar-refractivity contribution in [3.63, 3.8) is 0 Å². The van der Waals surface area contributed by atoms with Gasteiger partial charge in [0.25, 0.3) is 5.91 Å². The van der Waals surface area contributed by atoms with Crippen LogP contribution in [0.25, 0.3) is 0 Å². The van der Waals surface area contributed by atoms with Crippen LogP contribution < -0.4 is 10.7 Å². The summed E-state index contributed by atoms with van der Waals surface area (Å²) in [5.74, 6) is -0.536. The summed E-state index contributed by atoms with van der Waals surface area (Å²) in [7, 11) is 0. The zero-order valence-electron chi connectivity index (χ0n) is 8.83. The lowest BCUT2D eigenvalue weighted by molar-refractivity contribution is -0.121. The molecule has 0 spiro atoms. The van der Waals surface area contributed by atoms with Crippen LogP contribution in [0.3, 0.4) is 0 Å². The second-order valence-electron chi connectivity index (χ2n) is 4.09. The van der Waals surface area contributed by atoms with Crippen LogP contribution in [0.1, 0.15) is 26.7 Å². The maximum Gasteiger partial charge on any atom is 0.267 e. The van der Waals surface area contributed by atoms with E-state index in [0.29, 0.717) is 12.1 Å². The van der Waals surface area contributed by atoms with Gasteiger partial charge in [0.2, 0.25) is 5.91 Å². The average Bonchev–Trinajstić information content (AvgIpc) is 2.14. The van der Waals surface area contributed by atoms with Gasteiger partial charge in [0.15, 0.2) is 0 Å². The first-order valence-electron chi connectivity index (χ1n) is 4.74.